The van der Waals surface area contributed by atoms with Crippen LogP contribution in [0.15, 0.2) is 54.6 Å². The molecule has 10 N–H and O–H groups in total. The van der Waals surface area contributed by atoms with Crippen LogP contribution in [0.1, 0.15) is 196 Å². The van der Waals surface area contributed by atoms with Crippen molar-refractivity contribution in [3.05, 3.63) is 121 Å². The fourth-order valence-corrected chi connectivity index (χ4v) is 17.9. The molecule has 0 saturated heterocycles. The molecule has 2 heterocycles. The molecule has 0 saturated carbocycles. The maximum Gasteiger partial charge on any atom is 0.232 e. The molecule has 10 aromatic carbocycles. The van der Waals surface area contributed by atoms with Gasteiger partial charge in [0.15, 0.2) is 22.4 Å². The fourth-order valence-electron chi connectivity index (χ4n) is 17.9. The third kappa shape index (κ3) is 9.53. The SMILES string of the molecule is CCCCC1(CCCC)CNc2c(c3c(=O)cc(CO)c4c5c(CO)cc(O)c6c(=O)c(OC)c7c(c(c2C=C(C)C7C(C)=O)c34)c65)N1.CCCCC1(CCCC)Nc2c(c3c(=O)cc(CO)c4c5c(CO)cc(O)c6c(=O)c(OC)c7c(c(c2C=C(C)C7C(C)=O)c34)c65)NC1C. The molecule has 0 aromatic heterocycles. The number of carbonyl (C=O) groups is 2. The number of carbonyl (C=O) groups excluding carboxylic acids is 2. The zero-order valence-corrected chi connectivity index (χ0v) is 57.2. The third-order valence-corrected chi connectivity index (χ3v) is 22.2. The summed E-state index contributed by atoms with van der Waals surface area (Å²) < 4.78 is 11.6. The predicted molar refractivity (Wildman–Crippen MR) is 389 cm³/mol. The topological polar surface area (TPSA) is 290 Å². The number of aliphatic hydroxyl groups excluding tert-OH is 4. The average molecular weight is 1320 g/mol. The number of ether oxygens (including phenoxy) is 2. The number of phenolic OH excluding ortho intramolecular Hbond substituents is 2. The minimum Gasteiger partial charge on any atom is -0.507 e. The lowest BCUT2D eigenvalue weighted by molar-refractivity contribution is -0.118. The fraction of sp³-hybridized carbons (Fsp3) is 0.418. The molecular formula is C79H86N4O14. The van der Waals surface area contributed by atoms with E-state index in [9.17, 15) is 59.4 Å². The number of unbranched alkanes of at least 4 members (excludes halogenated alkanes) is 4. The molecule has 10 aromatic rings. The first-order valence-electron chi connectivity index (χ1n) is 34.4. The van der Waals surface area contributed by atoms with Crippen LogP contribution in [-0.4, -0.2) is 80.1 Å². The number of nitrogens with one attached hydrogen (secondary N) is 4. The molecule has 0 amide bonds. The van der Waals surface area contributed by atoms with E-state index in [1.807, 2.05) is 26.0 Å². The van der Waals surface area contributed by atoms with Crippen LogP contribution < -0.4 is 52.5 Å². The van der Waals surface area contributed by atoms with Crippen LogP contribution in [0.5, 0.6) is 23.0 Å². The Kier molecular flexibility index (Phi) is 17.1. The Hall–Kier alpha value is -8.94. The Balaban J connectivity index is 0.000000175. The monoisotopic (exact) mass is 1310 g/mol. The van der Waals surface area contributed by atoms with Crippen molar-refractivity contribution < 1.29 is 49.7 Å². The molecule has 0 radical (unpaired) electrons. The highest BCUT2D eigenvalue weighted by atomic mass is 16.5. The van der Waals surface area contributed by atoms with Gasteiger partial charge in [0.2, 0.25) is 10.9 Å². The predicted octanol–water partition coefficient (Wildman–Crippen LogP) is 13.7. The van der Waals surface area contributed by atoms with Crippen LogP contribution in [0.2, 0.25) is 0 Å². The number of methoxy groups -OCH3 is 2. The zero-order valence-electron chi connectivity index (χ0n) is 57.2. The Bertz CT molecular complexity index is 5290. The summed E-state index contributed by atoms with van der Waals surface area (Å²) in [5.41, 5.74) is 5.57. The van der Waals surface area contributed by atoms with E-state index >= 15 is 0 Å². The van der Waals surface area contributed by atoms with Crippen LogP contribution in [0.3, 0.4) is 0 Å². The number of ketones is 2. The van der Waals surface area contributed by atoms with Gasteiger partial charge in [-0.3, -0.25) is 28.8 Å². The molecule has 3 unspecified atom stereocenters. The number of fused-ring (bicyclic) bond motifs is 8. The Morgan fingerprint density at radius 1 is 0.485 bits per heavy atom. The Labute approximate surface area is 560 Å². The van der Waals surface area contributed by atoms with Gasteiger partial charge < -0.3 is 61.4 Å². The van der Waals surface area contributed by atoms with Crippen LogP contribution in [0.4, 0.5) is 22.7 Å². The second kappa shape index (κ2) is 24.9. The minimum atomic E-state index is -0.859. The molecule has 0 fully saturated rings. The number of anilines is 4. The lowest BCUT2D eigenvalue weighted by Gasteiger charge is -2.47. The molecular weight excluding hydrogens is 1230 g/mol. The number of aromatic hydroxyl groups is 2. The minimum absolute atomic E-state index is 0.00134. The highest BCUT2D eigenvalue weighted by Crippen LogP contribution is 2.59. The number of hydrogen-bond acceptors (Lipinski definition) is 18. The van der Waals surface area contributed by atoms with Crippen molar-refractivity contribution in [1.29, 1.82) is 0 Å². The molecule has 14 rings (SSSR count). The first-order chi connectivity index (χ1) is 46.6. The number of Topliss-reactive ketones (excluding diaryl/α,β-unsaturated/α-hetero) is 2. The first-order valence-corrected chi connectivity index (χ1v) is 34.4. The summed E-state index contributed by atoms with van der Waals surface area (Å²) >= 11 is 0. The Morgan fingerprint density at radius 3 is 1.26 bits per heavy atom. The quantitative estimate of drug-likeness (QED) is 0.0251. The van der Waals surface area contributed by atoms with E-state index in [1.54, 1.807) is 0 Å². The second-order valence-electron chi connectivity index (χ2n) is 27.9. The summed E-state index contributed by atoms with van der Waals surface area (Å²) in [6.07, 6.45) is 15.8. The van der Waals surface area contributed by atoms with E-state index in [-0.39, 0.29) is 73.3 Å². The highest BCUT2D eigenvalue weighted by Gasteiger charge is 2.45. The van der Waals surface area contributed by atoms with Crippen LogP contribution in [0, 0.1) is 0 Å². The summed E-state index contributed by atoms with van der Waals surface area (Å²) in [6, 6.07) is 5.59. The summed E-state index contributed by atoms with van der Waals surface area (Å²) in [6.45, 7) is 16.3. The number of rotatable bonds is 20. The van der Waals surface area contributed by atoms with Gasteiger partial charge >= 0.3 is 0 Å². The van der Waals surface area contributed by atoms with Crippen molar-refractivity contribution in [1.82, 2.24) is 0 Å². The maximum atomic E-state index is 14.4. The summed E-state index contributed by atoms with van der Waals surface area (Å²) in [4.78, 5) is 84.6. The summed E-state index contributed by atoms with van der Waals surface area (Å²) in [5, 5.41) is 88.3. The molecule has 3 atom stereocenters. The van der Waals surface area contributed by atoms with Crippen molar-refractivity contribution in [2.45, 2.75) is 195 Å². The van der Waals surface area contributed by atoms with Crippen LogP contribution in [0.25, 0.3) is 98.3 Å². The molecule has 18 nitrogen and oxygen atoms in total. The van der Waals surface area contributed by atoms with E-state index in [1.165, 1.54) is 52.3 Å². The van der Waals surface area contributed by atoms with E-state index < -0.39 is 49.1 Å². The van der Waals surface area contributed by atoms with Gasteiger partial charge in [0.1, 0.15) is 23.1 Å². The average Bonchev–Trinajstić information content (AvgIpc) is 1.64. The normalized spacial score (nSPS) is 17.5. The maximum absolute atomic E-state index is 14.4. The van der Waals surface area contributed by atoms with Crippen molar-refractivity contribution in [3.8, 4) is 23.0 Å². The molecule has 2 aliphatic carbocycles. The van der Waals surface area contributed by atoms with Crippen LogP contribution >= 0.6 is 0 Å². The van der Waals surface area contributed by atoms with Gasteiger partial charge in [0, 0.05) is 67.2 Å². The summed E-state index contributed by atoms with van der Waals surface area (Å²) in [7, 11) is 2.76. The van der Waals surface area contributed by atoms with Crippen molar-refractivity contribution >= 4 is 133 Å². The van der Waals surface area contributed by atoms with Crippen LogP contribution in [-0.2, 0) is 36.0 Å². The second-order valence-corrected chi connectivity index (χ2v) is 27.9. The molecule has 97 heavy (non-hydrogen) atoms. The van der Waals surface area contributed by atoms with Crippen molar-refractivity contribution in [2.24, 2.45) is 0 Å². The molecule has 506 valence electrons. The van der Waals surface area contributed by atoms with Gasteiger partial charge in [-0.1, -0.05) is 102 Å². The summed E-state index contributed by atoms with van der Waals surface area (Å²) in [5.74, 6) is -2.82. The lowest BCUT2D eigenvalue weighted by atomic mass is 9.76. The van der Waals surface area contributed by atoms with E-state index in [2.05, 4.69) is 55.9 Å². The van der Waals surface area contributed by atoms with Gasteiger partial charge in [-0.05, 0) is 139 Å². The molecule has 4 aliphatic rings. The van der Waals surface area contributed by atoms with Gasteiger partial charge in [-0.2, -0.15) is 0 Å². The molecule has 0 bridgehead atoms. The lowest BCUT2D eigenvalue weighted by Crippen LogP contribution is -2.54. The largest absolute Gasteiger partial charge is 0.507 e. The van der Waals surface area contributed by atoms with E-state index in [0.717, 1.165) is 99.6 Å². The number of hydrogen-bond donors (Lipinski definition) is 10. The van der Waals surface area contributed by atoms with Gasteiger partial charge in [0.25, 0.3) is 0 Å². The smallest absolute Gasteiger partial charge is 0.232 e. The van der Waals surface area contributed by atoms with E-state index in [0.29, 0.717) is 138 Å². The Morgan fingerprint density at radius 2 is 0.866 bits per heavy atom. The number of benzene rings is 10. The molecule has 2 aliphatic heterocycles. The van der Waals surface area contributed by atoms with E-state index in [4.69, 9.17) is 9.47 Å². The highest BCUT2D eigenvalue weighted by molar-refractivity contribution is 6.42. The zero-order chi connectivity index (χ0) is 69.3. The first kappa shape index (κ1) is 66.7. The van der Waals surface area contributed by atoms with Gasteiger partial charge in [-0.15, -0.1) is 0 Å². The van der Waals surface area contributed by atoms with Crippen molar-refractivity contribution in [2.75, 3.05) is 42.0 Å². The standard InChI is InChI=1S/C40H44N2O7.C39H42N2O7/c1-7-9-11-40(12-10-8-2)20(5)41-37-30-24(46)14-21(16-43)27-28-22(17-44)15-25(47)31-33(28)34-29(32(27)30)23(36(37)42-40)13-18(3)26(19(4)45)35(34)39(49-6)38(31)48;1-6-8-10-39(11-9-7-2)17-40-35-22-12-18(3)25(19(4)44)34-33-28(22)31-26(20(15-42)13-23(45)29(31)36(35)41-39)27-21(16-43)14-24(46)30(32(27)33)37(47)38(34)48-5/h13-15,20,26,41-44,47H,7-12,16-17H2,1-6H3;12-14,25,40-43,46H,6-11,15-17H2,1-5H3. The van der Waals surface area contributed by atoms with Gasteiger partial charge in [0.05, 0.1) is 108 Å². The van der Waals surface area contributed by atoms with Gasteiger partial charge in [-0.25, -0.2) is 0 Å². The number of allylic oxidation sites excluding steroid dienone is 2. The molecule has 0 spiro atoms. The third-order valence-electron chi connectivity index (χ3n) is 22.2. The number of phenols is 2. The van der Waals surface area contributed by atoms with Crippen molar-refractivity contribution in [3.63, 3.8) is 0 Å². The number of aliphatic hydroxyl groups is 4. The molecule has 18 heteroatoms.